The first-order chi connectivity index (χ1) is 16.6. The molecular formula is C23H22ClF6N3O3. The van der Waals surface area contributed by atoms with Crippen LogP contribution >= 0.6 is 11.6 Å². The number of likely N-dealkylation sites (N-methyl/N-ethyl adjacent to an activating group) is 1. The fourth-order valence-electron chi connectivity index (χ4n) is 4.24. The van der Waals surface area contributed by atoms with Crippen LogP contribution in [0.5, 0.6) is 0 Å². The fourth-order valence-corrected chi connectivity index (χ4v) is 4.36. The van der Waals surface area contributed by atoms with E-state index in [4.69, 9.17) is 11.6 Å². The van der Waals surface area contributed by atoms with E-state index in [0.717, 1.165) is 7.05 Å². The van der Waals surface area contributed by atoms with E-state index in [-0.39, 0.29) is 25.6 Å². The number of piperidine rings is 1. The minimum atomic E-state index is -5.06. The molecule has 196 valence electrons. The molecular weight excluding hydrogens is 516 g/mol. The van der Waals surface area contributed by atoms with Crippen molar-refractivity contribution in [2.75, 3.05) is 32.1 Å². The summed E-state index contributed by atoms with van der Waals surface area (Å²) in [5, 5.41) is 9.87. The Labute approximate surface area is 207 Å². The molecule has 0 radical (unpaired) electrons. The fraction of sp³-hybridized carbons (Fsp3) is 0.391. The number of carboxylic acid groups (broad SMARTS) is 1. The number of hydrogen-bond donors (Lipinski definition) is 1. The van der Waals surface area contributed by atoms with Gasteiger partial charge in [-0.2, -0.15) is 26.3 Å². The third-order valence-corrected chi connectivity index (χ3v) is 6.44. The summed E-state index contributed by atoms with van der Waals surface area (Å²) in [5.74, 6) is -0.512. The van der Waals surface area contributed by atoms with E-state index in [1.165, 1.54) is 16.8 Å². The number of likely N-dealkylation sites (tertiary alicyclic amines) is 1. The highest BCUT2D eigenvalue weighted by Gasteiger charge is 2.40. The maximum atomic E-state index is 13.3. The largest absolute Gasteiger partial charge is 0.465 e. The Morgan fingerprint density at radius 1 is 0.972 bits per heavy atom. The van der Waals surface area contributed by atoms with Crippen molar-refractivity contribution >= 4 is 29.4 Å². The van der Waals surface area contributed by atoms with Crippen LogP contribution in [0.2, 0.25) is 5.02 Å². The number of alkyl halides is 6. The van der Waals surface area contributed by atoms with Gasteiger partial charge in [0.1, 0.15) is 0 Å². The molecule has 0 aliphatic carbocycles. The quantitative estimate of drug-likeness (QED) is 0.461. The summed E-state index contributed by atoms with van der Waals surface area (Å²) in [4.78, 5) is 27.9. The van der Waals surface area contributed by atoms with Gasteiger partial charge in [0.15, 0.2) is 0 Å². The van der Waals surface area contributed by atoms with Gasteiger partial charge < -0.3 is 14.9 Å². The molecule has 13 heteroatoms. The highest BCUT2D eigenvalue weighted by molar-refractivity contribution is 6.30. The number of anilines is 1. The molecule has 0 bridgehead atoms. The second-order valence-corrected chi connectivity index (χ2v) is 8.90. The van der Waals surface area contributed by atoms with Crippen molar-refractivity contribution in [2.24, 2.45) is 0 Å². The van der Waals surface area contributed by atoms with Crippen LogP contribution in [0.25, 0.3) is 0 Å². The zero-order valence-electron chi connectivity index (χ0n) is 19.1. The van der Waals surface area contributed by atoms with Crippen molar-refractivity contribution in [3.05, 3.63) is 64.2 Å². The van der Waals surface area contributed by atoms with E-state index < -0.39 is 53.3 Å². The topological polar surface area (TPSA) is 64.1 Å². The number of hydrogen-bond acceptors (Lipinski definition) is 2. The Balaban J connectivity index is 1.95. The molecule has 0 spiro atoms. The second kappa shape index (κ2) is 10.1. The molecule has 2 aromatic rings. The molecule has 1 aliphatic heterocycles. The average Bonchev–Trinajstić information content (AvgIpc) is 2.81. The number of amides is 3. The van der Waals surface area contributed by atoms with E-state index in [0.29, 0.717) is 27.6 Å². The van der Waals surface area contributed by atoms with Crippen LogP contribution in [0, 0.1) is 0 Å². The third-order valence-electron chi connectivity index (χ3n) is 6.19. The lowest BCUT2D eigenvalue weighted by Crippen LogP contribution is -2.54. The Morgan fingerprint density at radius 3 is 1.97 bits per heavy atom. The van der Waals surface area contributed by atoms with Crippen molar-refractivity contribution in [1.29, 1.82) is 0 Å². The van der Waals surface area contributed by atoms with E-state index in [1.807, 2.05) is 0 Å². The lowest BCUT2D eigenvalue weighted by Gasteiger charge is -2.43. The molecule has 0 saturated carbocycles. The Kier molecular flexibility index (Phi) is 7.68. The lowest BCUT2D eigenvalue weighted by atomic mass is 9.85. The van der Waals surface area contributed by atoms with Gasteiger partial charge >= 0.3 is 24.5 Å². The maximum absolute atomic E-state index is 13.3. The van der Waals surface area contributed by atoms with Crippen LogP contribution in [0.1, 0.15) is 29.0 Å². The molecule has 2 aromatic carbocycles. The molecule has 1 heterocycles. The second-order valence-electron chi connectivity index (χ2n) is 8.46. The van der Waals surface area contributed by atoms with Gasteiger partial charge in [0, 0.05) is 49.9 Å². The number of carbonyl (C=O) groups excluding carboxylic acids is 1. The van der Waals surface area contributed by atoms with Crippen molar-refractivity contribution in [3.63, 3.8) is 0 Å². The maximum Gasteiger partial charge on any atom is 0.416 e. The molecule has 1 N–H and O–H groups in total. The van der Waals surface area contributed by atoms with Crippen LogP contribution in [0.15, 0.2) is 42.5 Å². The summed E-state index contributed by atoms with van der Waals surface area (Å²) in [5.41, 5.74) is -2.98. The first-order valence-electron chi connectivity index (χ1n) is 10.6. The highest BCUT2D eigenvalue weighted by Crippen LogP contribution is 2.39. The van der Waals surface area contributed by atoms with Crippen LogP contribution in [-0.4, -0.2) is 60.3 Å². The first kappa shape index (κ1) is 27.4. The normalized spacial score (nSPS) is 18.6. The van der Waals surface area contributed by atoms with Gasteiger partial charge in [0.2, 0.25) is 0 Å². The predicted octanol–water partition coefficient (Wildman–Crippen LogP) is 6.40. The van der Waals surface area contributed by atoms with Gasteiger partial charge in [-0.05, 0) is 42.3 Å². The van der Waals surface area contributed by atoms with Gasteiger partial charge in [-0.3, -0.25) is 4.90 Å². The monoisotopic (exact) mass is 537 g/mol. The minimum absolute atomic E-state index is 0.0102. The van der Waals surface area contributed by atoms with Gasteiger partial charge in [0.05, 0.1) is 11.1 Å². The van der Waals surface area contributed by atoms with Crippen molar-refractivity contribution < 1.29 is 41.0 Å². The summed E-state index contributed by atoms with van der Waals surface area (Å²) in [6.07, 6.45) is -11.1. The van der Waals surface area contributed by atoms with Crippen LogP contribution in [0.4, 0.5) is 41.6 Å². The smallest absolute Gasteiger partial charge is 0.416 e. The summed E-state index contributed by atoms with van der Waals surface area (Å²) in [6, 6.07) is 6.05. The van der Waals surface area contributed by atoms with Crippen molar-refractivity contribution in [2.45, 2.75) is 30.7 Å². The van der Waals surface area contributed by atoms with E-state index >= 15 is 0 Å². The summed E-state index contributed by atoms with van der Waals surface area (Å²) >= 11 is 5.94. The van der Waals surface area contributed by atoms with Gasteiger partial charge in [-0.1, -0.05) is 23.7 Å². The van der Waals surface area contributed by atoms with E-state index in [1.54, 1.807) is 24.3 Å². The van der Waals surface area contributed by atoms with Crippen molar-refractivity contribution in [3.8, 4) is 0 Å². The Hall–Kier alpha value is -3.15. The summed E-state index contributed by atoms with van der Waals surface area (Å²) in [7, 11) is 2.46. The zero-order valence-corrected chi connectivity index (χ0v) is 19.8. The molecule has 6 nitrogen and oxygen atoms in total. The standard InChI is InChI=1S/C23H22ClF6N3O3/c1-31(17-10-14(22(25,26)27)9-15(11-17)23(28,29)30)20(34)32(2)19-7-8-33(21(35)36)12-18(19)13-3-5-16(24)6-4-13/h3-6,9-11,18-19H,7-8,12H2,1-2H3,(H,35,36). The number of carbonyl (C=O) groups is 2. The molecule has 1 saturated heterocycles. The van der Waals surface area contributed by atoms with Gasteiger partial charge in [0.25, 0.3) is 0 Å². The summed E-state index contributed by atoms with van der Waals surface area (Å²) in [6.45, 7) is 0.123. The number of benzene rings is 2. The number of urea groups is 1. The number of nitrogens with zero attached hydrogens (tertiary/aromatic N) is 3. The minimum Gasteiger partial charge on any atom is -0.465 e. The Morgan fingerprint density at radius 2 is 1.50 bits per heavy atom. The highest BCUT2D eigenvalue weighted by atomic mass is 35.5. The SMILES string of the molecule is CN(C(=O)N(C)C1CCN(C(=O)O)CC1c1ccc(Cl)cc1)c1cc(C(F)(F)F)cc(C(F)(F)F)c1. The number of halogens is 7. The van der Waals surface area contributed by atoms with E-state index in [9.17, 15) is 41.0 Å². The molecule has 0 aromatic heterocycles. The Bertz CT molecular complexity index is 1090. The average molecular weight is 538 g/mol. The zero-order chi connectivity index (χ0) is 27.0. The van der Waals surface area contributed by atoms with Crippen LogP contribution < -0.4 is 4.90 Å². The molecule has 2 atom stereocenters. The van der Waals surface area contributed by atoms with Gasteiger partial charge in [-0.25, -0.2) is 9.59 Å². The van der Waals surface area contributed by atoms with Crippen LogP contribution in [-0.2, 0) is 12.4 Å². The first-order valence-corrected chi connectivity index (χ1v) is 11.0. The molecule has 36 heavy (non-hydrogen) atoms. The van der Waals surface area contributed by atoms with Crippen LogP contribution in [0.3, 0.4) is 0 Å². The molecule has 3 amide bonds. The third kappa shape index (κ3) is 5.97. The van der Waals surface area contributed by atoms with E-state index in [2.05, 4.69) is 0 Å². The molecule has 2 unspecified atom stereocenters. The van der Waals surface area contributed by atoms with Crippen molar-refractivity contribution in [1.82, 2.24) is 9.80 Å². The predicted molar refractivity (Wildman–Crippen MR) is 120 cm³/mol. The number of rotatable bonds is 3. The lowest BCUT2D eigenvalue weighted by molar-refractivity contribution is -0.143. The molecule has 1 aliphatic rings. The molecule has 1 fully saturated rings. The van der Waals surface area contributed by atoms with Gasteiger partial charge in [-0.15, -0.1) is 0 Å². The summed E-state index contributed by atoms with van der Waals surface area (Å²) < 4.78 is 79.7. The molecule has 3 rings (SSSR count).